The Balaban J connectivity index is 2.77. The average molecular weight is 189 g/mol. The average Bonchev–Trinajstić information content (AvgIpc) is 2.41. The molecule has 0 aliphatic heterocycles. The third-order valence-corrected chi connectivity index (χ3v) is 2.31. The lowest BCUT2D eigenvalue weighted by Crippen LogP contribution is -2.12. The Labute approximate surface area is 83.6 Å². The van der Waals surface area contributed by atoms with E-state index in [1.807, 2.05) is 22.9 Å². The number of pyridine rings is 1. The molecule has 2 aromatic heterocycles. The highest BCUT2D eigenvalue weighted by atomic mass is 15.0. The monoisotopic (exact) mass is 189 g/mol. The van der Waals surface area contributed by atoms with Crippen molar-refractivity contribution in [2.24, 2.45) is 0 Å². The zero-order chi connectivity index (χ0) is 10.3. The lowest BCUT2D eigenvalue weighted by Gasteiger charge is -2.19. The molecule has 2 aromatic rings. The third-order valence-electron chi connectivity index (χ3n) is 2.31. The van der Waals surface area contributed by atoms with Crippen molar-refractivity contribution < 1.29 is 0 Å². The number of hydrogen-bond acceptors (Lipinski definition) is 2. The molecule has 0 fully saturated rings. The first-order valence-electron chi connectivity index (χ1n) is 4.72. The first-order chi connectivity index (χ1) is 6.48. The van der Waals surface area contributed by atoms with Gasteiger partial charge in [-0.05, 0) is 11.5 Å². The van der Waals surface area contributed by atoms with Gasteiger partial charge in [-0.3, -0.25) is 0 Å². The van der Waals surface area contributed by atoms with Crippen LogP contribution in [0, 0.1) is 0 Å². The first kappa shape index (κ1) is 9.06. The maximum Gasteiger partial charge on any atom is 0.142 e. The van der Waals surface area contributed by atoms with Crippen LogP contribution in [0.4, 0.5) is 5.82 Å². The summed E-state index contributed by atoms with van der Waals surface area (Å²) < 4.78 is 1.97. The van der Waals surface area contributed by atoms with Gasteiger partial charge in [-0.25, -0.2) is 4.98 Å². The van der Waals surface area contributed by atoms with Gasteiger partial charge in [-0.2, -0.15) is 0 Å². The lowest BCUT2D eigenvalue weighted by atomic mass is 9.88. The van der Waals surface area contributed by atoms with Gasteiger partial charge in [0.2, 0.25) is 0 Å². The van der Waals surface area contributed by atoms with E-state index in [1.165, 1.54) is 5.56 Å². The molecule has 3 nitrogen and oxygen atoms in total. The molecule has 0 aliphatic rings. The predicted octanol–water partition coefficient (Wildman–Crippen LogP) is 2.21. The highest BCUT2D eigenvalue weighted by Crippen LogP contribution is 2.26. The molecule has 0 saturated carbocycles. The van der Waals surface area contributed by atoms with Gasteiger partial charge in [0.05, 0.1) is 6.20 Å². The van der Waals surface area contributed by atoms with Crippen LogP contribution in [0.3, 0.4) is 0 Å². The van der Waals surface area contributed by atoms with Crippen molar-refractivity contribution in [1.29, 1.82) is 0 Å². The Morgan fingerprint density at radius 1 is 1.36 bits per heavy atom. The summed E-state index contributed by atoms with van der Waals surface area (Å²) >= 11 is 0. The van der Waals surface area contributed by atoms with E-state index in [4.69, 9.17) is 5.73 Å². The maximum atomic E-state index is 5.67. The number of aromatic nitrogens is 2. The van der Waals surface area contributed by atoms with Crippen LogP contribution in [0.1, 0.15) is 26.3 Å². The molecule has 2 N–H and O–H groups in total. The lowest BCUT2D eigenvalue weighted by molar-refractivity contribution is 0.592. The molecule has 0 aliphatic carbocycles. The molecule has 14 heavy (non-hydrogen) atoms. The fourth-order valence-corrected chi connectivity index (χ4v) is 1.62. The summed E-state index contributed by atoms with van der Waals surface area (Å²) in [6, 6.07) is 4.12. The molecule has 0 unspecified atom stereocenters. The van der Waals surface area contributed by atoms with Gasteiger partial charge in [0.25, 0.3) is 0 Å². The smallest absolute Gasteiger partial charge is 0.142 e. The second-order valence-corrected chi connectivity index (χ2v) is 4.57. The van der Waals surface area contributed by atoms with Crippen molar-refractivity contribution in [3.8, 4) is 0 Å². The second kappa shape index (κ2) is 2.74. The van der Waals surface area contributed by atoms with Gasteiger partial charge in [0.1, 0.15) is 11.5 Å². The number of anilines is 1. The van der Waals surface area contributed by atoms with E-state index < -0.39 is 0 Å². The van der Waals surface area contributed by atoms with Gasteiger partial charge >= 0.3 is 0 Å². The predicted molar refractivity (Wildman–Crippen MR) is 58.3 cm³/mol. The molecule has 0 amide bonds. The molecular formula is C11H15N3. The second-order valence-electron chi connectivity index (χ2n) is 4.57. The highest BCUT2D eigenvalue weighted by Gasteiger charge is 2.18. The summed E-state index contributed by atoms with van der Waals surface area (Å²) in [5.41, 5.74) is 7.94. The number of hydrogen-bond donors (Lipinski definition) is 1. The molecule has 3 heteroatoms. The number of fused-ring (bicyclic) bond motifs is 1. The summed E-state index contributed by atoms with van der Waals surface area (Å²) in [6.07, 6.45) is 3.80. The van der Waals surface area contributed by atoms with Crippen LogP contribution in [-0.4, -0.2) is 9.38 Å². The van der Waals surface area contributed by atoms with E-state index in [0.717, 1.165) is 5.65 Å². The minimum Gasteiger partial charge on any atom is -0.382 e. The minimum absolute atomic E-state index is 0.0975. The van der Waals surface area contributed by atoms with E-state index in [0.29, 0.717) is 5.82 Å². The van der Waals surface area contributed by atoms with Crippen LogP contribution in [0.5, 0.6) is 0 Å². The summed E-state index contributed by atoms with van der Waals surface area (Å²) in [5, 5.41) is 0. The van der Waals surface area contributed by atoms with Gasteiger partial charge in [0, 0.05) is 11.8 Å². The topological polar surface area (TPSA) is 43.3 Å². The Bertz CT molecular complexity index is 463. The molecule has 0 aromatic carbocycles. The largest absolute Gasteiger partial charge is 0.382 e. The van der Waals surface area contributed by atoms with Crippen molar-refractivity contribution in [2.45, 2.75) is 26.2 Å². The molecule has 0 bridgehead atoms. The summed E-state index contributed by atoms with van der Waals surface area (Å²) in [7, 11) is 0. The molecule has 2 rings (SSSR count). The van der Waals surface area contributed by atoms with Crippen molar-refractivity contribution in [3.05, 3.63) is 30.1 Å². The number of rotatable bonds is 0. The van der Waals surface area contributed by atoms with Crippen LogP contribution >= 0.6 is 0 Å². The minimum atomic E-state index is 0.0975. The van der Waals surface area contributed by atoms with Crippen molar-refractivity contribution >= 4 is 11.5 Å². The van der Waals surface area contributed by atoms with Crippen LogP contribution in [0.25, 0.3) is 5.65 Å². The van der Waals surface area contributed by atoms with Crippen molar-refractivity contribution in [1.82, 2.24) is 9.38 Å². The SMILES string of the molecule is CC(C)(C)c1cccn2cc(N)nc12. The number of imidazole rings is 1. The van der Waals surface area contributed by atoms with Gasteiger partial charge in [-0.1, -0.05) is 26.8 Å². The van der Waals surface area contributed by atoms with Crippen LogP contribution in [0.15, 0.2) is 24.5 Å². The van der Waals surface area contributed by atoms with Gasteiger partial charge in [0.15, 0.2) is 0 Å². The van der Waals surface area contributed by atoms with E-state index in [2.05, 4.69) is 31.8 Å². The summed E-state index contributed by atoms with van der Waals surface area (Å²) in [6.45, 7) is 6.52. The molecule has 2 heterocycles. The van der Waals surface area contributed by atoms with Gasteiger partial charge < -0.3 is 10.1 Å². The maximum absolute atomic E-state index is 5.67. The number of nitrogen functional groups attached to an aromatic ring is 1. The zero-order valence-corrected chi connectivity index (χ0v) is 8.78. The van der Waals surface area contributed by atoms with E-state index in [-0.39, 0.29) is 5.41 Å². The summed E-state index contributed by atoms with van der Waals surface area (Å²) in [4.78, 5) is 4.32. The van der Waals surface area contributed by atoms with Crippen LogP contribution < -0.4 is 5.73 Å². The quantitative estimate of drug-likeness (QED) is 0.690. The standard InChI is InChI=1S/C11H15N3/c1-11(2,3)8-5-4-6-14-7-9(12)13-10(8)14/h4-7H,12H2,1-3H3. The molecule has 0 atom stereocenters. The third kappa shape index (κ3) is 1.35. The highest BCUT2D eigenvalue weighted by molar-refractivity contribution is 5.55. The Morgan fingerprint density at radius 2 is 2.07 bits per heavy atom. The summed E-state index contributed by atoms with van der Waals surface area (Å²) in [5.74, 6) is 0.571. The van der Waals surface area contributed by atoms with Crippen LogP contribution in [0.2, 0.25) is 0 Å². The fraction of sp³-hybridized carbons (Fsp3) is 0.364. The Hall–Kier alpha value is -1.51. The number of nitrogens with zero attached hydrogens (tertiary/aromatic N) is 2. The molecular weight excluding hydrogens is 174 g/mol. The van der Waals surface area contributed by atoms with Gasteiger partial charge in [-0.15, -0.1) is 0 Å². The zero-order valence-electron chi connectivity index (χ0n) is 8.78. The first-order valence-corrected chi connectivity index (χ1v) is 4.72. The molecule has 0 saturated heterocycles. The Morgan fingerprint density at radius 3 is 2.71 bits per heavy atom. The van der Waals surface area contributed by atoms with Crippen molar-refractivity contribution in [2.75, 3.05) is 5.73 Å². The van der Waals surface area contributed by atoms with E-state index >= 15 is 0 Å². The molecule has 0 spiro atoms. The normalized spacial score (nSPS) is 12.2. The fourth-order valence-electron chi connectivity index (χ4n) is 1.62. The molecule has 74 valence electrons. The van der Waals surface area contributed by atoms with E-state index in [1.54, 1.807) is 0 Å². The Kier molecular flexibility index (Phi) is 1.77. The van der Waals surface area contributed by atoms with E-state index in [9.17, 15) is 0 Å². The van der Waals surface area contributed by atoms with Crippen LogP contribution in [-0.2, 0) is 5.41 Å². The molecule has 0 radical (unpaired) electrons. The van der Waals surface area contributed by atoms with Crippen molar-refractivity contribution in [3.63, 3.8) is 0 Å². The number of nitrogens with two attached hydrogens (primary N) is 1.